The number of hydrogen-bond acceptors (Lipinski definition) is 6. The fourth-order valence-electron chi connectivity index (χ4n) is 2.96. The molecule has 146 valence electrons. The van der Waals surface area contributed by atoms with Crippen LogP contribution in [-0.4, -0.2) is 28.8 Å². The van der Waals surface area contributed by atoms with Gasteiger partial charge in [0.2, 0.25) is 12.3 Å². The molecule has 8 heteroatoms. The lowest BCUT2D eigenvalue weighted by Gasteiger charge is -2.07. The van der Waals surface area contributed by atoms with Gasteiger partial charge in [-0.3, -0.25) is 14.6 Å². The van der Waals surface area contributed by atoms with E-state index in [1.165, 1.54) is 26.7 Å². The maximum Gasteiger partial charge on any atom is 0.224 e. The lowest BCUT2D eigenvalue weighted by atomic mass is 10.1. The van der Waals surface area contributed by atoms with Crippen molar-refractivity contribution in [1.29, 1.82) is 0 Å². The zero-order valence-corrected chi connectivity index (χ0v) is 16.7. The lowest BCUT2D eigenvalue weighted by molar-refractivity contribution is -0.115. The molecule has 0 atom stereocenters. The molecule has 2 heterocycles. The van der Waals surface area contributed by atoms with Crippen molar-refractivity contribution in [2.75, 3.05) is 17.2 Å². The third-order valence-electron chi connectivity index (χ3n) is 4.35. The normalized spacial score (nSPS) is 10.8. The van der Waals surface area contributed by atoms with Crippen LogP contribution in [0.2, 0.25) is 0 Å². The van der Waals surface area contributed by atoms with Gasteiger partial charge in [-0.25, -0.2) is 4.98 Å². The van der Waals surface area contributed by atoms with Crippen molar-refractivity contribution in [3.63, 3.8) is 0 Å². The summed E-state index contributed by atoms with van der Waals surface area (Å²) in [5, 5.41) is 9.99. The molecule has 3 rings (SSSR count). The van der Waals surface area contributed by atoms with Crippen molar-refractivity contribution in [1.82, 2.24) is 15.3 Å². The Bertz CT molecular complexity index is 986. The Hall–Kier alpha value is -2.84. The number of thiophene rings is 1. The Balaban J connectivity index is 1.64. The Morgan fingerprint density at radius 1 is 1.29 bits per heavy atom. The van der Waals surface area contributed by atoms with E-state index in [0.717, 1.165) is 24.3 Å². The number of fused-ring (bicyclic) bond motifs is 1. The van der Waals surface area contributed by atoms with Gasteiger partial charge >= 0.3 is 0 Å². The number of benzene rings is 1. The molecule has 0 saturated heterocycles. The second kappa shape index (κ2) is 9.38. The lowest BCUT2D eigenvalue weighted by Crippen LogP contribution is -2.18. The average Bonchev–Trinajstić information content (AvgIpc) is 3.00. The van der Waals surface area contributed by atoms with Gasteiger partial charge in [-0.15, -0.1) is 11.3 Å². The van der Waals surface area contributed by atoms with Crippen LogP contribution in [0.3, 0.4) is 0 Å². The summed E-state index contributed by atoms with van der Waals surface area (Å²) >= 11 is 1.77. The van der Waals surface area contributed by atoms with Gasteiger partial charge in [0.1, 0.15) is 0 Å². The number of aromatic nitrogens is 2. The third-order valence-corrected chi connectivity index (χ3v) is 5.48. The summed E-state index contributed by atoms with van der Waals surface area (Å²) in [5.41, 5.74) is 2.90. The molecule has 7 nitrogen and oxygen atoms in total. The Labute approximate surface area is 167 Å². The molecule has 0 aliphatic heterocycles. The van der Waals surface area contributed by atoms with Crippen molar-refractivity contribution >= 4 is 45.2 Å². The quantitative estimate of drug-likeness (QED) is 0.380. The molecule has 2 aromatic heterocycles. The van der Waals surface area contributed by atoms with Crippen molar-refractivity contribution < 1.29 is 9.59 Å². The van der Waals surface area contributed by atoms with Gasteiger partial charge in [0.15, 0.2) is 5.82 Å². The molecule has 0 spiro atoms. The van der Waals surface area contributed by atoms with Gasteiger partial charge in [0.05, 0.1) is 11.9 Å². The topological polar surface area (TPSA) is 96.0 Å². The van der Waals surface area contributed by atoms with Gasteiger partial charge < -0.3 is 16.0 Å². The van der Waals surface area contributed by atoms with Crippen molar-refractivity contribution in [3.8, 4) is 0 Å². The first-order valence-electron chi connectivity index (χ1n) is 9.14. The van der Waals surface area contributed by atoms with Crippen LogP contribution in [0.25, 0.3) is 10.1 Å². The van der Waals surface area contributed by atoms with Crippen LogP contribution in [0.1, 0.15) is 29.5 Å². The SMILES string of the molecule is CCC(=O)Nc1ccc2sc(C)c(CCNCc3cncc(NC=O)n3)c2c1. The van der Waals surface area contributed by atoms with E-state index in [1.54, 1.807) is 17.5 Å². The van der Waals surface area contributed by atoms with Gasteiger partial charge in [-0.2, -0.15) is 0 Å². The number of amides is 2. The first-order chi connectivity index (χ1) is 13.6. The number of hydrogen-bond donors (Lipinski definition) is 3. The first kappa shape index (κ1) is 19.9. The van der Waals surface area contributed by atoms with E-state index < -0.39 is 0 Å². The monoisotopic (exact) mass is 397 g/mol. The smallest absolute Gasteiger partial charge is 0.224 e. The largest absolute Gasteiger partial charge is 0.326 e. The minimum absolute atomic E-state index is 0.0157. The highest BCUT2D eigenvalue weighted by molar-refractivity contribution is 7.19. The van der Waals surface area contributed by atoms with Crippen LogP contribution in [0.5, 0.6) is 0 Å². The molecule has 28 heavy (non-hydrogen) atoms. The summed E-state index contributed by atoms with van der Waals surface area (Å²) in [5.74, 6) is 0.456. The number of carbonyl (C=O) groups is 2. The summed E-state index contributed by atoms with van der Waals surface area (Å²) in [6.07, 6.45) is 5.11. The molecule has 0 unspecified atom stereocenters. The molecular weight excluding hydrogens is 374 g/mol. The van der Waals surface area contributed by atoms with Gasteiger partial charge in [-0.1, -0.05) is 6.92 Å². The van der Waals surface area contributed by atoms with Crippen LogP contribution < -0.4 is 16.0 Å². The fourth-order valence-corrected chi connectivity index (χ4v) is 4.05. The summed E-state index contributed by atoms with van der Waals surface area (Å²) in [4.78, 5) is 31.8. The molecule has 1 aromatic carbocycles. The maximum atomic E-state index is 11.7. The number of rotatable bonds is 9. The van der Waals surface area contributed by atoms with Gasteiger partial charge in [0.25, 0.3) is 0 Å². The number of aryl methyl sites for hydroxylation is 1. The zero-order valence-electron chi connectivity index (χ0n) is 15.9. The van der Waals surface area contributed by atoms with Crippen molar-refractivity contribution in [3.05, 3.63) is 46.7 Å². The standard InChI is InChI=1S/C20H23N5O2S/c1-3-20(27)25-14-4-5-18-17(8-14)16(13(2)28-18)6-7-21-9-15-10-22-11-19(24-15)23-12-26/h4-5,8,10-12,21H,3,6-7,9H2,1-2H3,(H,25,27)(H,23,24,26). The summed E-state index contributed by atoms with van der Waals surface area (Å²) in [6.45, 7) is 5.32. The van der Waals surface area contributed by atoms with E-state index in [2.05, 4.69) is 45.0 Å². The summed E-state index contributed by atoms with van der Waals surface area (Å²) < 4.78 is 1.22. The Morgan fingerprint density at radius 2 is 2.14 bits per heavy atom. The molecule has 0 saturated carbocycles. The van der Waals surface area contributed by atoms with E-state index in [1.807, 2.05) is 13.0 Å². The zero-order chi connectivity index (χ0) is 19.9. The summed E-state index contributed by atoms with van der Waals surface area (Å²) in [6, 6.07) is 6.07. The highest BCUT2D eigenvalue weighted by Gasteiger charge is 2.10. The number of carbonyl (C=O) groups excluding carboxylic acids is 2. The predicted octanol–water partition coefficient (Wildman–Crippen LogP) is 3.25. The van der Waals surface area contributed by atoms with Crippen LogP contribution in [0.4, 0.5) is 11.5 Å². The van der Waals surface area contributed by atoms with Crippen LogP contribution >= 0.6 is 11.3 Å². The molecule has 0 aliphatic rings. The Morgan fingerprint density at radius 3 is 2.93 bits per heavy atom. The average molecular weight is 398 g/mol. The molecule has 3 aromatic rings. The van der Waals surface area contributed by atoms with E-state index in [-0.39, 0.29) is 5.91 Å². The molecule has 0 fully saturated rings. The van der Waals surface area contributed by atoms with E-state index >= 15 is 0 Å². The molecule has 0 bridgehead atoms. The second-order valence-corrected chi connectivity index (χ2v) is 7.59. The first-order valence-corrected chi connectivity index (χ1v) is 9.96. The minimum atomic E-state index is 0.0157. The van der Waals surface area contributed by atoms with Crippen molar-refractivity contribution in [2.45, 2.75) is 33.2 Å². The van der Waals surface area contributed by atoms with Gasteiger partial charge in [0, 0.05) is 34.4 Å². The Kier molecular flexibility index (Phi) is 6.67. The second-order valence-electron chi connectivity index (χ2n) is 6.33. The van der Waals surface area contributed by atoms with Crippen LogP contribution in [0.15, 0.2) is 30.6 Å². The molecule has 3 N–H and O–H groups in total. The highest BCUT2D eigenvalue weighted by atomic mass is 32.1. The van der Waals surface area contributed by atoms with Crippen LogP contribution in [0, 0.1) is 6.92 Å². The van der Waals surface area contributed by atoms with Crippen molar-refractivity contribution in [2.24, 2.45) is 0 Å². The van der Waals surface area contributed by atoms with Gasteiger partial charge in [-0.05, 0) is 49.0 Å². The van der Waals surface area contributed by atoms with Crippen LogP contribution in [-0.2, 0) is 22.6 Å². The number of nitrogens with zero attached hydrogens (tertiary/aromatic N) is 2. The predicted molar refractivity (Wildman–Crippen MR) is 113 cm³/mol. The number of nitrogens with one attached hydrogen (secondary N) is 3. The maximum absolute atomic E-state index is 11.7. The summed E-state index contributed by atoms with van der Waals surface area (Å²) in [7, 11) is 0. The van der Waals surface area contributed by atoms with E-state index in [9.17, 15) is 9.59 Å². The molecule has 0 aliphatic carbocycles. The minimum Gasteiger partial charge on any atom is -0.326 e. The highest BCUT2D eigenvalue weighted by Crippen LogP contribution is 2.33. The number of anilines is 2. The molecule has 0 radical (unpaired) electrons. The van der Waals surface area contributed by atoms with E-state index in [4.69, 9.17) is 0 Å². The van der Waals surface area contributed by atoms with E-state index in [0.29, 0.717) is 25.2 Å². The molecule has 2 amide bonds. The fraction of sp³-hybridized carbons (Fsp3) is 0.300. The third kappa shape index (κ3) is 4.90. The molecular formula is C20H23N5O2S.